The molecule has 4 aliphatic rings. The van der Waals surface area contributed by atoms with Gasteiger partial charge < -0.3 is 0 Å². The van der Waals surface area contributed by atoms with Gasteiger partial charge in [0.25, 0.3) is 0 Å². The summed E-state index contributed by atoms with van der Waals surface area (Å²) in [6, 6.07) is 0. The molecule has 0 saturated heterocycles. The second-order valence-corrected chi connectivity index (χ2v) is 8.97. The summed E-state index contributed by atoms with van der Waals surface area (Å²) < 4.78 is 0. The lowest BCUT2D eigenvalue weighted by molar-refractivity contribution is -0.130. The van der Waals surface area contributed by atoms with Crippen LogP contribution in [0.2, 0.25) is 0 Å². The highest BCUT2D eigenvalue weighted by atomic mass is 16.1. The fourth-order valence-corrected chi connectivity index (χ4v) is 5.95. The monoisotopic (exact) mass is 324 g/mol. The summed E-state index contributed by atoms with van der Waals surface area (Å²) in [4.78, 5) is 24.3. The number of fused-ring (bicyclic) bond motifs is 4. The van der Waals surface area contributed by atoms with Gasteiger partial charge in [0.15, 0.2) is 5.78 Å². The zero-order chi connectivity index (χ0) is 17.3. The minimum absolute atomic E-state index is 0.0142. The van der Waals surface area contributed by atoms with Gasteiger partial charge in [-0.25, -0.2) is 0 Å². The van der Waals surface area contributed by atoms with Crippen molar-refractivity contribution in [1.82, 2.24) is 0 Å². The van der Waals surface area contributed by atoms with E-state index in [1.165, 1.54) is 16.7 Å². The van der Waals surface area contributed by atoms with Crippen molar-refractivity contribution in [3.05, 3.63) is 34.4 Å². The van der Waals surface area contributed by atoms with Crippen LogP contribution in [0.5, 0.6) is 0 Å². The topological polar surface area (TPSA) is 34.1 Å². The van der Waals surface area contributed by atoms with E-state index in [-0.39, 0.29) is 16.2 Å². The van der Waals surface area contributed by atoms with Gasteiger partial charge in [0.2, 0.25) is 0 Å². The third-order valence-electron chi connectivity index (χ3n) is 8.09. The summed E-state index contributed by atoms with van der Waals surface area (Å²) in [6.07, 6.45) is 11.0. The average molecular weight is 324 g/mol. The quantitative estimate of drug-likeness (QED) is 0.672. The van der Waals surface area contributed by atoms with Crippen LogP contribution in [0.15, 0.2) is 34.4 Å². The van der Waals surface area contributed by atoms with Crippen molar-refractivity contribution in [1.29, 1.82) is 0 Å². The van der Waals surface area contributed by atoms with E-state index in [0.29, 0.717) is 18.0 Å². The molecular formula is C22H28O2. The van der Waals surface area contributed by atoms with Crippen LogP contribution >= 0.6 is 0 Å². The Hall–Kier alpha value is -1.44. The summed E-state index contributed by atoms with van der Waals surface area (Å²) in [6.45, 7) is 8.60. The number of rotatable bonds is 1. The minimum atomic E-state index is -0.250. The number of allylic oxidation sites excluding steroid dienone is 6. The van der Waals surface area contributed by atoms with Crippen molar-refractivity contribution >= 4 is 11.6 Å². The fraction of sp³-hybridized carbons (Fsp3) is 0.636. The van der Waals surface area contributed by atoms with Crippen molar-refractivity contribution in [2.45, 2.75) is 72.6 Å². The minimum Gasteiger partial charge on any atom is -0.299 e. The predicted octanol–water partition coefficient (Wildman–Crippen LogP) is 5.10. The summed E-state index contributed by atoms with van der Waals surface area (Å²) in [5.41, 5.74) is 5.73. The third kappa shape index (κ3) is 1.78. The lowest BCUT2D eigenvalue weighted by Crippen LogP contribution is -2.44. The first-order chi connectivity index (χ1) is 11.2. The molecule has 24 heavy (non-hydrogen) atoms. The van der Waals surface area contributed by atoms with Crippen molar-refractivity contribution in [2.75, 3.05) is 0 Å². The molecular weight excluding hydrogens is 296 g/mol. The Labute approximate surface area is 145 Å². The molecule has 0 bridgehead atoms. The van der Waals surface area contributed by atoms with Gasteiger partial charge in [-0.15, -0.1) is 0 Å². The Morgan fingerprint density at radius 1 is 1.04 bits per heavy atom. The van der Waals surface area contributed by atoms with Crippen molar-refractivity contribution in [2.24, 2.45) is 16.2 Å². The maximum absolute atomic E-state index is 12.4. The maximum atomic E-state index is 12.4. The molecule has 128 valence electrons. The Bertz CT molecular complexity index is 750. The normalized spacial score (nSPS) is 41.2. The molecule has 2 nitrogen and oxygen atoms in total. The van der Waals surface area contributed by atoms with Gasteiger partial charge in [-0.2, -0.15) is 0 Å². The van der Waals surface area contributed by atoms with E-state index in [0.717, 1.165) is 38.5 Å². The van der Waals surface area contributed by atoms with Crippen LogP contribution in [0.1, 0.15) is 72.6 Å². The van der Waals surface area contributed by atoms with Gasteiger partial charge >= 0.3 is 0 Å². The molecule has 2 heteroatoms. The molecule has 3 atom stereocenters. The molecule has 0 aromatic heterocycles. The van der Waals surface area contributed by atoms with Crippen LogP contribution in [-0.4, -0.2) is 11.6 Å². The summed E-state index contributed by atoms with van der Waals surface area (Å²) >= 11 is 0. The van der Waals surface area contributed by atoms with Gasteiger partial charge in [0.05, 0.1) is 0 Å². The second kappa shape index (κ2) is 4.80. The molecule has 0 aromatic carbocycles. The van der Waals surface area contributed by atoms with Gasteiger partial charge in [-0.3, -0.25) is 9.59 Å². The van der Waals surface area contributed by atoms with E-state index < -0.39 is 0 Å². The number of carbonyl (C=O) groups excluding carboxylic acids is 2. The van der Waals surface area contributed by atoms with E-state index in [9.17, 15) is 9.59 Å². The highest BCUT2D eigenvalue weighted by Gasteiger charge is 2.57. The molecule has 3 unspecified atom stereocenters. The van der Waals surface area contributed by atoms with Gasteiger partial charge in [0, 0.05) is 22.7 Å². The highest BCUT2D eigenvalue weighted by Crippen LogP contribution is 2.65. The number of Topliss-reactive ketones (excluding diaryl/α,β-unsaturated/α-hetero) is 1. The fourth-order valence-electron chi connectivity index (χ4n) is 5.95. The maximum Gasteiger partial charge on any atom is 0.155 e. The van der Waals surface area contributed by atoms with Crippen molar-refractivity contribution in [3.8, 4) is 0 Å². The summed E-state index contributed by atoms with van der Waals surface area (Å²) in [7, 11) is 0. The molecule has 0 radical (unpaired) electrons. The zero-order valence-electron chi connectivity index (χ0n) is 15.4. The van der Waals surface area contributed by atoms with Crippen LogP contribution in [0.3, 0.4) is 0 Å². The summed E-state index contributed by atoms with van der Waals surface area (Å²) in [5.74, 6) is 0.627. The molecule has 0 spiro atoms. The lowest BCUT2D eigenvalue weighted by Gasteiger charge is -2.51. The number of hydrogen-bond acceptors (Lipinski definition) is 2. The van der Waals surface area contributed by atoms with Crippen LogP contribution in [0.4, 0.5) is 0 Å². The number of carbonyl (C=O) groups is 2. The van der Waals surface area contributed by atoms with E-state index >= 15 is 0 Å². The van der Waals surface area contributed by atoms with E-state index in [1.54, 1.807) is 12.5 Å². The van der Waals surface area contributed by atoms with Crippen LogP contribution in [-0.2, 0) is 9.59 Å². The zero-order valence-corrected chi connectivity index (χ0v) is 15.4. The van der Waals surface area contributed by atoms with Crippen LogP contribution in [0, 0.1) is 16.2 Å². The van der Waals surface area contributed by atoms with Gasteiger partial charge in [-0.1, -0.05) is 38.0 Å². The second-order valence-electron chi connectivity index (χ2n) is 8.97. The van der Waals surface area contributed by atoms with E-state index in [1.807, 2.05) is 6.08 Å². The Kier molecular flexibility index (Phi) is 3.21. The van der Waals surface area contributed by atoms with Crippen molar-refractivity contribution < 1.29 is 9.59 Å². The van der Waals surface area contributed by atoms with Crippen LogP contribution in [0.25, 0.3) is 0 Å². The Morgan fingerprint density at radius 3 is 2.50 bits per heavy atom. The molecule has 0 aliphatic heterocycles. The third-order valence-corrected chi connectivity index (χ3v) is 8.09. The number of hydrogen-bond donors (Lipinski definition) is 0. The largest absolute Gasteiger partial charge is 0.299 e. The Balaban J connectivity index is 1.83. The molecule has 0 saturated carbocycles. The molecule has 4 rings (SSSR count). The Morgan fingerprint density at radius 2 is 1.79 bits per heavy atom. The molecule has 0 aromatic rings. The molecule has 0 fully saturated rings. The first-order valence-corrected chi connectivity index (χ1v) is 9.41. The standard InChI is InChI=1S/C22H28O2/c1-14(23)21(3)11-9-19-17-6-5-15-13-16(24)7-10-20(15,2)18(17)8-12-22(19,21)4/h9,13H,5-8,10-12H2,1-4H3. The van der Waals surface area contributed by atoms with Gasteiger partial charge in [0.1, 0.15) is 5.78 Å². The molecule has 0 amide bonds. The predicted molar refractivity (Wildman–Crippen MR) is 95.5 cm³/mol. The SMILES string of the molecule is CC(=O)C1(C)CC=C2C3=C(CCC21C)C1(C)CCC(=O)C=C1CC3. The van der Waals surface area contributed by atoms with Crippen LogP contribution < -0.4 is 0 Å². The van der Waals surface area contributed by atoms with Crippen molar-refractivity contribution in [3.63, 3.8) is 0 Å². The van der Waals surface area contributed by atoms with E-state index in [4.69, 9.17) is 0 Å². The molecule has 0 N–H and O–H groups in total. The first-order valence-electron chi connectivity index (χ1n) is 9.41. The average Bonchev–Trinajstić information content (AvgIpc) is 2.81. The first kappa shape index (κ1) is 16.1. The summed E-state index contributed by atoms with van der Waals surface area (Å²) in [5, 5.41) is 0. The lowest BCUT2D eigenvalue weighted by atomic mass is 9.52. The van der Waals surface area contributed by atoms with E-state index in [2.05, 4.69) is 26.8 Å². The molecule has 4 aliphatic carbocycles. The number of ketones is 2. The van der Waals surface area contributed by atoms with Gasteiger partial charge in [-0.05, 0) is 62.7 Å². The smallest absolute Gasteiger partial charge is 0.155 e. The molecule has 0 heterocycles. The highest BCUT2D eigenvalue weighted by molar-refractivity contribution is 5.92.